The van der Waals surface area contributed by atoms with Gasteiger partial charge in [-0.2, -0.15) is 0 Å². The van der Waals surface area contributed by atoms with E-state index in [9.17, 15) is 24.6 Å². The van der Waals surface area contributed by atoms with E-state index in [1.807, 2.05) is 51.1 Å². The first-order chi connectivity index (χ1) is 16.5. The van der Waals surface area contributed by atoms with E-state index in [1.54, 1.807) is 11.8 Å². The Bertz CT molecular complexity index is 823. The molecule has 2 unspecified atom stereocenters. The lowest BCUT2D eigenvalue weighted by atomic mass is 9.83. The predicted molar refractivity (Wildman–Crippen MR) is 132 cm³/mol. The maximum atomic E-state index is 12.7. The largest absolute Gasteiger partial charge is 0.465 e. The lowest BCUT2D eigenvalue weighted by molar-refractivity contribution is -0.131. The number of aliphatic hydroxyl groups excluding tert-OH is 1. The number of hydrogen-bond donors (Lipinski definition) is 5. The molecule has 1 aliphatic heterocycles. The Morgan fingerprint density at radius 2 is 1.66 bits per heavy atom. The summed E-state index contributed by atoms with van der Waals surface area (Å²) in [6.07, 6.45) is -1.57. The fourth-order valence-electron chi connectivity index (χ4n) is 4.04. The number of nitrogens with one attached hydrogen (secondary N) is 3. The zero-order valence-electron chi connectivity index (χ0n) is 21.1. The minimum Gasteiger partial charge on any atom is -0.465 e. The molecular weight excluding hydrogens is 452 g/mol. The number of carbonyl (C=O) groups is 3. The Morgan fingerprint density at radius 3 is 2.23 bits per heavy atom. The molecule has 1 aromatic rings. The van der Waals surface area contributed by atoms with Gasteiger partial charge in [-0.3, -0.25) is 4.79 Å². The number of ether oxygens (including phenoxy) is 1. The predicted octanol–water partition coefficient (Wildman–Crippen LogP) is 2.49. The van der Waals surface area contributed by atoms with Crippen molar-refractivity contribution in [2.24, 2.45) is 5.41 Å². The van der Waals surface area contributed by atoms with E-state index < -0.39 is 24.1 Å². The van der Waals surface area contributed by atoms with Crippen molar-refractivity contribution >= 4 is 18.0 Å². The van der Waals surface area contributed by atoms with Gasteiger partial charge in [0.05, 0.1) is 25.3 Å². The molecule has 10 heteroatoms. The lowest BCUT2D eigenvalue weighted by Crippen LogP contribution is -2.53. The molecule has 4 atom stereocenters. The first-order valence-corrected chi connectivity index (χ1v) is 12.1. The molecule has 2 rings (SSSR count). The van der Waals surface area contributed by atoms with Crippen molar-refractivity contribution in [2.45, 2.75) is 71.2 Å². The van der Waals surface area contributed by atoms with Crippen molar-refractivity contribution < 1.29 is 29.3 Å². The molecule has 1 aromatic carbocycles. The highest BCUT2D eigenvalue weighted by molar-refractivity contribution is 5.82. The van der Waals surface area contributed by atoms with E-state index >= 15 is 0 Å². The fourth-order valence-corrected chi connectivity index (χ4v) is 4.04. The number of morpholine rings is 1. The molecule has 0 saturated carbocycles. The lowest BCUT2D eigenvalue weighted by Gasteiger charge is -2.35. The summed E-state index contributed by atoms with van der Waals surface area (Å²) >= 11 is 0. The topological polar surface area (TPSA) is 140 Å². The Balaban J connectivity index is 1.96. The molecule has 1 saturated heterocycles. The van der Waals surface area contributed by atoms with Crippen LogP contribution in [0, 0.1) is 5.41 Å². The molecule has 0 aliphatic carbocycles. The molecule has 1 aliphatic rings. The van der Waals surface area contributed by atoms with Crippen LogP contribution in [-0.4, -0.2) is 77.6 Å². The summed E-state index contributed by atoms with van der Waals surface area (Å²) in [7, 11) is 0. The van der Waals surface area contributed by atoms with E-state index in [-0.39, 0.29) is 30.0 Å². The summed E-state index contributed by atoms with van der Waals surface area (Å²) in [5.41, 5.74) is 0.638. The van der Waals surface area contributed by atoms with Crippen LogP contribution in [0.25, 0.3) is 0 Å². The van der Waals surface area contributed by atoms with E-state index in [1.165, 1.54) is 0 Å². The van der Waals surface area contributed by atoms with Gasteiger partial charge >= 0.3 is 12.1 Å². The Hall–Kier alpha value is -2.85. The molecule has 10 nitrogen and oxygen atoms in total. The molecule has 0 aromatic heterocycles. The number of nitrogens with zero attached hydrogens (tertiary/aromatic N) is 1. The monoisotopic (exact) mass is 492 g/mol. The number of benzene rings is 1. The summed E-state index contributed by atoms with van der Waals surface area (Å²) in [5, 5.41) is 28.0. The third-order valence-corrected chi connectivity index (χ3v) is 6.27. The number of carboxylic acid groups (broad SMARTS) is 1. The maximum absolute atomic E-state index is 12.7. The highest BCUT2D eigenvalue weighted by Crippen LogP contribution is 2.24. The molecule has 0 spiro atoms. The normalized spacial score (nSPS) is 17.6. The number of hydrogen-bond acceptors (Lipinski definition) is 5. The number of amides is 4. The summed E-state index contributed by atoms with van der Waals surface area (Å²) in [5.74, 6) is -0.645. The van der Waals surface area contributed by atoms with Crippen molar-refractivity contribution in [1.29, 1.82) is 0 Å². The molecule has 0 radical (unpaired) electrons. The van der Waals surface area contributed by atoms with Crippen LogP contribution in [0.2, 0.25) is 0 Å². The van der Waals surface area contributed by atoms with E-state index in [0.29, 0.717) is 39.1 Å². The third-order valence-electron chi connectivity index (χ3n) is 6.27. The number of urea groups is 1. The second kappa shape index (κ2) is 13.3. The maximum Gasteiger partial charge on any atom is 0.404 e. The van der Waals surface area contributed by atoms with Gasteiger partial charge in [-0.05, 0) is 37.2 Å². The second-order valence-corrected chi connectivity index (χ2v) is 10.0. The smallest absolute Gasteiger partial charge is 0.404 e. The van der Waals surface area contributed by atoms with E-state index in [4.69, 9.17) is 4.74 Å². The molecule has 1 fully saturated rings. The van der Waals surface area contributed by atoms with E-state index in [2.05, 4.69) is 16.0 Å². The van der Waals surface area contributed by atoms with Gasteiger partial charge in [0.1, 0.15) is 0 Å². The summed E-state index contributed by atoms with van der Waals surface area (Å²) in [6.45, 7) is 9.97. The Morgan fingerprint density at radius 1 is 1.03 bits per heavy atom. The van der Waals surface area contributed by atoms with Crippen LogP contribution in [-0.2, 0) is 9.53 Å². The van der Waals surface area contributed by atoms with Crippen LogP contribution in [0.4, 0.5) is 9.59 Å². The molecule has 1 heterocycles. The first kappa shape index (κ1) is 28.4. The highest BCUT2D eigenvalue weighted by Gasteiger charge is 2.31. The van der Waals surface area contributed by atoms with Gasteiger partial charge < -0.3 is 35.8 Å². The fraction of sp³-hybridized carbons (Fsp3) is 0.640. The van der Waals surface area contributed by atoms with Crippen molar-refractivity contribution in [3.05, 3.63) is 35.9 Å². The highest BCUT2D eigenvalue weighted by atomic mass is 16.5. The Kier molecular flexibility index (Phi) is 10.8. The molecule has 35 heavy (non-hydrogen) atoms. The van der Waals surface area contributed by atoms with Crippen molar-refractivity contribution in [3.8, 4) is 0 Å². The van der Waals surface area contributed by atoms with Crippen LogP contribution < -0.4 is 16.0 Å². The van der Waals surface area contributed by atoms with Crippen LogP contribution in [0.3, 0.4) is 0 Å². The van der Waals surface area contributed by atoms with Crippen LogP contribution in [0.1, 0.15) is 58.6 Å². The number of aliphatic hydroxyl groups is 1. The van der Waals surface area contributed by atoms with Gasteiger partial charge in [0.25, 0.3) is 5.91 Å². The minimum atomic E-state index is -1.55. The first-order valence-electron chi connectivity index (χ1n) is 12.1. The summed E-state index contributed by atoms with van der Waals surface area (Å²) in [6, 6.07) is 7.66. The van der Waals surface area contributed by atoms with Gasteiger partial charge in [0, 0.05) is 19.1 Å². The van der Waals surface area contributed by atoms with Gasteiger partial charge in [-0.15, -0.1) is 0 Å². The zero-order chi connectivity index (χ0) is 26.0. The molecule has 5 N–H and O–H groups in total. The average Bonchev–Trinajstić information content (AvgIpc) is 2.82. The molecular formula is C25H40N4O6. The SMILES string of the molecule is C[C@@H](NC(=O)C(O)[C@H](CCCC(NC(=O)N1CCOCC1)C(C)(C)C)NC(=O)O)c1ccccc1. The van der Waals surface area contributed by atoms with Crippen LogP contribution in [0.5, 0.6) is 0 Å². The van der Waals surface area contributed by atoms with Crippen molar-refractivity contribution in [2.75, 3.05) is 26.3 Å². The van der Waals surface area contributed by atoms with Crippen molar-refractivity contribution in [3.63, 3.8) is 0 Å². The van der Waals surface area contributed by atoms with Gasteiger partial charge in [-0.25, -0.2) is 9.59 Å². The van der Waals surface area contributed by atoms with Crippen molar-refractivity contribution in [1.82, 2.24) is 20.9 Å². The van der Waals surface area contributed by atoms with Crippen LogP contribution >= 0.6 is 0 Å². The van der Waals surface area contributed by atoms with Gasteiger partial charge in [0.15, 0.2) is 6.10 Å². The number of rotatable bonds is 10. The van der Waals surface area contributed by atoms with E-state index in [0.717, 1.165) is 5.56 Å². The molecule has 196 valence electrons. The zero-order valence-corrected chi connectivity index (χ0v) is 21.1. The molecule has 0 bridgehead atoms. The number of carbonyl (C=O) groups excluding carboxylic acids is 2. The van der Waals surface area contributed by atoms with Gasteiger partial charge in [0.2, 0.25) is 0 Å². The quantitative estimate of drug-likeness (QED) is 0.340. The Labute approximate surface area is 207 Å². The minimum absolute atomic E-state index is 0.150. The van der Waals surface area contributed by atoms with Crippen LogP contribution in [0.15, 0.2) is 30.3 Å². The standard InChI is InChI=1S/C25H40N4O6/c1-17(18-9-6-5-7-10-18)26-22(31)21(30)19(27-24(33)34)11-8-12-20(25(2,3)4)28-23(32)29-13-15-35-16-14-29/h5-7,9-10,17,19-21,27,30H,8,11-16H2,1-4H3,(H,26,31)(H,28,32)(H,33,34)/t17-,19+,20?,21?/m1/s1. The summed E-state index contributed by atoms with van der Waals surface area (Å²) in [4.78, 5) is 38.4. The van der Waals surface area contributed by atoms with Gasteiger partial charge in [-0.1, -0.05) is 51.1 Å². The third kappa shape index (κ3) is 9.37. The summed E-state index contributed by atoms with van der Waals surface area (Å²) < 4.78 is 5.30. The average molecular weight is 493 g/mol. The molecule has 4 amide bonds. The second-order valence-electron chi connectivity index (χ2n) is 10.0.